The second-order valence-electron chi connectivity index (χ2n) is 5.39. The topological polar surface area (TPSA) is 40.5 Å². The number of benzene rings is 1. The van der Waals surface area contributed by atoms with E-state index in [-0.39, 0.29) is 23.3 Å². The summed E-state index contributed by atoms with van der Waals surface area (Å²) < 4.78 is 0. The van der Waals surface area contributed by atoms with Gasteiger partial charge in [-0.2, -0.15) is 0 Å². The Balaban J connectivity index is 2.54. The Kier molecular flexibility index (Phi) is 3.91. The predicted molar refractivity (Wildman–Crippen MR) is 78.8 cm³/mol. The molecule has 0 aliphatic heterocycles. The summed E-state index contributed by atoms with van der Waals surface area (Å²) in [6, 6.07) is 2.95. The first-order valence-electron chi connectivity index (χ1n) is 6.44. The van der Waals surface area contributed by atoms with Crippen molar-refractivity contribution in [2.75, 3.05) is 0 Å². The quantitative estimate of drug-likeness (QED) is 0.765. The summed E-state index contributed by atoms with van der Waals surface area (Å²) in [7, 11) is 0. The smallest absolute Gasteiger partial charge is 0.124 e. The largest absolute Gasteiger partial charge is 0.507 e. The fraction of sp³-hybridized carbons (Fsp3) is 0.375. The minimum Gasteiger partial charge on any atom is -0.507 e. The van der Waals surface area contributed by atoms with Crippen LogP contribution in [0.4, 0.5) is 0 Å². The molecular formula is C16H19ClO2. The second-order valence-corrected chi connectivity index (χ2v) is 5.82. The third-order valence-electron chi connectivity index (χ3n) is 3.81. The van der Waals surface area contributed by atoms with E-state index < -0.39 is 0 Å². The Morgan fingerprint density at radius 1 is 1.32 bits per heavy atom. The third-order valence-corrected chi connectivity index (χ3v) is 4.03. The van der Waals surface area contributed by atoms with Gasteiger partial charge in [0.2, 0.25) is 0 Å². The van der Waals surface area contributed by atoms with Crippen LogP contribution in [-0.4, -0.2) is 10.2 Å². The van der Waals surface area contributed by atoms with Crippen LogP contribution >= 0.6 is 11.6 Å². The molecule has 2 N–H and O–H groups in total. The first-order valence-corrected chi connectivity index (χ1v) is 6.82. The Morgan fingerprint density at radius 2 is 1.89 bits per heavy atom. The lowest BCUT2D eigenvalue weighted by molar-refractivity contribution is 0.407. The Hall–Kier alpha value is -1.41. The standard InChI is InChI=1S/C16H19ClO2/c1-9(2)12-5-4-10(3)6-13(12)16-14(18)7-11(17)8-15(16)19/h6-8,12-13,18-19H,1,4-5H2,2-3H3/t12-,13+/m0/s1. The van der Waals surface area contributed by atoms with Crippen LogP contribution in [0.2, 0.25) is 5.02 Å². The van der Waals surface area contributed by atoms with Crippen LogP contribution in [0.25, 0.3) is 0 Å². The number of phenols is 2. The molecule has 2 nitrogen and oxygen atoms in total. The number of allylic oxidation sites excluding steroid dienone is 3. The molecule has 1 aliphatic carbocycles. The number of hydrogen-bond acceptors (Lipinski definition) is 2. The van der Waals surface area contributed by atoms with Gasteiger partial charge in [-0.15, -0.1) is 0 Å². The first-order chi connectivity index (χ1) is 8.90. The third kappa shape index (κ3) is 2.79. The number of halogens is 1. The molecular weight excluding hydrogens is 260 g/mol. The van der Waals surface area contributed by atoms with E-state index in [1.807, 2.05) is 6.92 Å². The van der Waals surface area contributed by atoms with Crippen molar-refractivity contribution in [3.8, 4) is 11.5 Å². The fourth-order valence-electron chi connectivity index (χ4n) is 2.84. The van der Waals surface area contributed by atoms with Gasteiger partial charge in [-0.3, -0.25) is 0 Å². The molecule has 0 spiro atoms. The Morgan fingerprint density at radius 3 is 2.42 bits per heavy atom. The monoisotopic (exact) mass is 278 g/mol. The van der Waals surface area contributed by atoms with Crippen molar-refractivity contribution in [3.63, 3.8) is 0 Å². The molecule has 19 heavy (non-hydrogen) atoms. The maximum atomic E-state index is 10.1. The maximum absolute atomic E-state index is 10.1. The van der Waals surface area contributed by atoms with E-state index in [2.05, 4.69) is 19.6 Å². The number of rotatable bonds is 2. The second kappa shape index (κ2) is 5.30. The van der Waals surface area contributed by atoms with Crippen molar-refractivity contribution in [2.45, 2.75) is 32.6 Å². The van der Waals surface area contributed by atoms with Crippen LogP contribution in [0.15, 0.2) is 35.9 Å². The van der Waals surface area contributed by atoms with E-state index in [0.717, 1.165) is 18.4 Å². The summed E-state index contributed by atoms with van der Waals surface area (Å²) in [5.41, 5.74) is 2.90. The molecule has 0 amide bonds. The zero-order valence-corrected chi connectivity index (χ0v) is 12.0. The summed E-state index contributed by atoms with van der Waals surface area (Å²) in [4.78, 5) is 0. The van der Waals surface area contributed by atoms with E-state index in [1.54, 1.807) is 0 Å². The molecule has 0 radical (unpaired) electrons. The molecule has 0 fully saturated rings. The normalized spacial score (nSPS) is 23.0. The molecule has 2 rings (SSSR count). The van der Waals surface area contributed by atoms with E-state index in [1.165, 1.54) is 17.7 Å². The summed E-state index contributed by atoms with van der Waals surface area (Å²) in [6.45, 7) is 8.11. The van der Waals surface area contributed by atoms with Crippen molar-refractivity contribution < 1.29 is 10.2 Å². The number of aromatic hydroxyl groups is 2. The molecule has 3 heteroatoms. The van der Waals surface area contributed by atoms with Crippen molar-refractivity contribution >= 4 is 11.6 Å². The lowest BCUT2D eigenvalue weighted by Crippen LogP contribution is -2.17. The van der Waals surface area contributed by atoms with Crippen LogP contribution in [0.1, 0.15) is 38.2 Å². The molecule has 0 unspecified atom stereocenters. The van der Waals surface area contributed by atoms with Gasteiger partial charge in [0, 0.05) is 16.5 Å². The van der Waals surface area contributed by atoms with Gasteiger partial charge in [-0.25, -0.2) is 0 Å². The average Bonchev–Trinajstić information content (AvgIpc) is 2.27. The Bertz CT molecular complexity index is 523. The molecule has 0 saturated carbocycles. The van der Waals surface area contributed by atoms with Crippen molar-refractivity contribution in [3.05, 3.63) is 46.5 Å². The summed E-state index contributed by atoms with van der Waals surface area (Å²) in [6.07, 6.45) is 4.14. The lowest BCUT2D eigenvalue weighted by Gasteiger charge is -2.31. The minimum atomic E-state index is -0.0384. The zero-order chi connectivity index (χ0) is 14.2. The van der Waals surface area contributed by atoms with E-state index >= 15 is 0 Å². The average molecular weight is 279 g/mol. The maximum Gasteiger partial charge on any atom is 0.124 e. The fourth-order valence-corrected chi connectivity index (χ4v) is 3.04. The summed E-state index contributed by atoms with van der Waals surface area (Å²) in [5.74, 6) is 0.296. The SMILES string of the molecule is C=C(C)[C@@H]1CCC(C)=C[C@H]1c1c(O)cc(Cl)cc1O. The van der Waals surface area contributed by atoms with Gasteiger partial charge < -0.3 is 10.2 Å². The molecule has 0 saturated heterocycles. The molecule has 1 aliphatic rings. The van der Waals surface area contributed by atoms with E-state index in [0.29, 0.717) is 10.6 Å². The molecule has 2 atom stereocenters. The van der Waals surface area contributed by atoms with Gasteiger partial charge in [-0.05, 0) is 44.7 Å². The molecule has 1 aromatic rings. The Labute approximate surface area is 119 Å². The number of hydrogen-bond donors (Lipinski definition) is 2. The van der Waals surface area contributed by atoms with Crippen LogP contribution in [0, 0.1) is 5.92 Å². The predicted octanol–water partition coefficient (Wildman–Crippen LogP) is 4.77. The lowest BCUT2D eigenvalue weighted by atomic mass is 9.74. The molecule has 1 aromatic carbocycles. The van der Waals surface area contributed by atoms with Crippen LogP contribution in [0.3, 0.4) is 0 Å². The van der Waals surface area contributed by atoms with Gasteiger partial charge in [0.15, 0.2) is 0 Å². The van der Waals surface area contributed by atoms with Gasteiger partial charge in [0.25, 0.3) is 0 Å². The summed E-state index contributed by atoms with van der Waals surface area (Å²) in [5, 5.41) is 20.5. The van der Waals surface area contributed by atoms with Gasteiger partial charge in [-0.1, -0.05) is 35.4 Å². The minimum absolute atomic E-state index is 0.0384. The number of phenolic OH excluding ortho intramolecular Hbond substituents is 2. The molecule has 0 heterocycles. The van der Waals surface area contributed by atoms with Crippen LogP contribution in [0.5, 0.6) is 11.5 Å². The molecule has 0 aromatic heterocycles. The summed E-state index contributed by atoms with van der Waals surface area (Å²) >= 11 is 5.84. The van der Waals surface area contributed by atoms with Crippen molar-refractivity contribution in [1.29, 1.82) is 0 Å². The highest BCUT2D eigenvalue weighted by molar-refractivity contribution is 6.30. The van der Waals surface area contributed by atoms with Gasteiger partial charge in [0.05, 0.1) is 0 Å². The zero-order valence-electron chi connectivity index (χ0n) is 11.3. The van der Waals surface area contributed by atoms with Crippen LogP contribution in [-0.2, 0) is 0 Å². The molecule has 102 valence electrons. The van der Waals surface area contributed by atoms with Crippen LogP contribution < -0.4 is 0 Å². The highest BCUT2D eigenvalue weighted by atomic mass is 35.5. The van der Waals surface area contributed by atoms with Gasteiger partial charge >= 0.3 is 0 Å². The highest BCUT2D eigenvalue weighted by Crippen LogP contribution is 2.46. The highest BCUT2D eigenvalue weighted by Gasteiger charge is 2.29. The first kappa shape index (κ1) is 14.0. The van der Waals surface area contributed by atoms with E-state index in [9.17, 15) is 10.2 Å². The van der Waals surface area contributed by atoms with Gasteiger partial charge in [0.1, 0.15) is 11.5 Å². The van der Waals surface area contributed by atoms with Crippen molar-refractivity contribution in [2.24, 2.45) is 5.92 Å². The van der Waals surface area contributed by atoms with Crippen molar-refractivity contribution in [1.82, 2.24) is 0 Å². The molecule has 0 bridgehead atoms. The van der Waals surface area contributed by atoms with E-state index in [4.69, 9.17) is 11.6 Å².